The van der Waals surface area contributed by atoms with Gasteiger partial charge in [-0.25, -0.2) is 9.78 Å². The fourth-order valence-corrected chi connectivity index (χ4v) is 2.49. The maximum atomic E-state index is 12.6. The van der Waals surface area contributed by atoms with Crippen LogP contribution in [0, 0.1) is 0 Å². The number of aromatic nitrogens is 1. The summed E-state index contributed by atoms with van der Waals surface area (Å²) in [5.74, 6) is -0.512. The Kier molecular flexibility index (Phi) is 7.65. The fraction of sp³-hybridized carbons (Fsp3) is 0.471. The van der Waals surface area contributed by atoms with Crippen LogP contribution in [0.25, 0.3) is 0 Å². The number of aliphatic imine (C=N–C) groups is 1. The molecule has 2 N–H and O–H groups in total. The Bertz CT molecular complexity index is 738. The molecule has 2 amide bonds. The largest absolute Gasteiger partial charge is 0.422 e. The zero-order chi connectivity index (χ0) is 20.9. The van der Waals surface area contributed by atoms with Gasteiger partial charge in [-0.3, -0.25) is 0 Å². The summed E-state index contributed by atoms with van der Waals surface area (Å²) in [5, 5.41) is -0.349. The molecule has 1 aromatic heterocycles. The van der Waals surface area contributed by atoms with E-state index in [0.29, 0.717) is 12.3 Å². The van der Waals surface area contributed by atoms with Gasteiger partial charge in [0.05, 0.1) is 5.56 Å². The van der Waals surface area contributed by atoms with Crippen LogP contribution in [0.15, 0.2) is 29.2 Å². The lowest BCUT2D eigenvalue weighted by atomic mass is 10.2. The minimum Gasteiger partial charge on any atom is -0.422 e. The van der Waals surface area contributed by atoms with Crippen LogP contribution in [0.1, 0.15) is 40.2 Å². The third-order valence-corrected chi connectivity index (χ3v) is 3.58. The molecule has 0 spiro atoms. The number of alkyl halides is 3. The number of amides is 2. The van der Waals surface area contributed by atoms with Crippen LogP contribution < -0.4 is 10.5 Å². The summed E-state index contributed by atoms with van der Waals surface area (Å²) in [6.07, 6.45) is -2.73. The van der Waals surface area contributed by atoms with Crippen LogP contribution in [0.4, 0.5) is 18.0 Å². The Balaban J connectivity index is 2.94. The normalized spacial score (nSPS) is 13.3. The van der Waals surface area contributed by atoms with E-state index in [-0.39, 0.29) is 34.6 Å². The Morgan fingerprint density at radius 1 is 1.33 bits per heavy atom. The molecule has 6 nitrogen and oxygen atoms in total. The molecule has 0 aromatic carbocycles. The zero-order valence-corrected chi connectivity index (χ0v) is 16.4. The van der Waals surface area contributed by atoms with E-state index < -0.39 is 17.8 Å². The molecule has 0 saturated carbocycles. The van der Waals surface area contributed by atoms with Crippen molar-refractivity contribution in [3.63, 3.8) is 0 Å². The van der Waals surface area contributed by atoms with Crippen molar-refractivity contribution in [3.05, 3.63) is 34.8 Å². The Labute approximate surface area is 160 Å². The predicted octanol–water partition coefficient (Wildman–Crippen LogP) is 4.63. The highest BCUT2D eigenvalue weighted by Crippen LogP contribution is 2.33. The van der Waals surface area contributed by atoms with E-state index >= 15 is 0 Å². The van der Waals surface area contributed by atoms with Gasteiger partial charge in [-0.05, 0) is 40.7 Å². The molecule has 1 aromatic rings. The number of nitrogens with two attached hydrogens (primary N) is 1. The van der Waals surface area contributed by atoms with Crippen LogP contribution in [0.5, 0.6) is 5.88 Å². The third-order valence-electron chi connectivity index (χ3n) is 3.31. The quantitative estimate of drug-likeness (QED) is 0.571. The number of halogens is 4. The first-order chi connectivity index (χ1) is 12.3. The summed E-state index contributed by atoms with van der Waals surface area (Å²) in [6, 6.07) is 0.168. The maximum absolute atomic E-state index is 12.6. The second kappa shape index (κ2) is 9.07. The Hall–Kier alpha value is -2.29. The van der Waals surface area contributed by atoms with E-state index in [1.807, 2.05) is 27.7 Å². The smallest absolute Gasteiger partial charge is 0.417 e. The molecule has 1 rings (SSSR count). The summed E-state index contributed by atoms with van der Waals surface area (Å²) < 4.78 is 43.0. The van der Waals surface area contributed by atoms with E-state index in [1.165, 1.54) is 13.0 Å². The highest BCUT2D eigenvalue weighted by atomic mass is 35.5. The molecule has 0 atom stereocenters. The van der Waals surface area contributed by atoms with Gasteiger partial charge in [-0.15, -0.1) is 0 Å². The molecule has 10 heteroatoms. The Morgan fingerprint density at radius 3 is 2.33 bits per heavy atom. The van der Waals surface area contributed by atoms with Crippen LogP contribution >= 0.6 is 11.6 Å². The summed E-state index contributed by atoms with van der Waals surface area (Å²) in [6.45, 7) is 9.01. The maximum Gasteiger partial charge on any atom is 0.417 e. The minimum atomic E-state index is -4.57. The number of carbonyl (C=O) groups is 1. The van der Waals surface area contributed by atoms with E-state index in [2.05, 4.69) is 9.98 Å². The van der Waals surface area contributed by atoms with E-state index in [4.69, 9.17) is 22.1 Å². The topological polar surface area (TPSA) is 80.8 Å². The van der Waals surface area contributed by atoms with Gasteiger partial charge in [0.2, 0.25) is 5.88 Å². The van der Waals surface area contributed by atoms with Crippen molar-refractivity contribution in [2.45, 2.75) is 52.9 Å². The van der Waals surface area contributed by atoms with Crippen molar-refractivity contribution >= 4 is 23.3 Å². The van der Waals surface area contributed by atoms with Gasteiger partial charge in [0, 0.05) is 30.1 Å². The molecule has 0 aliphatic rings. The average molecular weight is 407 g/mol. The third kappa shape index (κ3) is 6.74. The van der Waals surface area contributed by atoms with Gasteiger partial charge in [-0.2, -0.15) is 18.2 Å². The van der Waals surface area contributed by atoms with Gasteiger partial charge in [0.1, 0.15) is 5.02 Å². The van der Waals surface area contributed by atoms with E-state index in [1.54, 1.807) is 4.90 Å². The molecule has 0 saturated heterocycles. The summed E-state index contributed by atoms with van der Waals surface area (Å²) in [5.41, 5.74) is 4.93. The standard InChI is InChI=1S/C17H22ClF3N4O2/c1-9(2)25(10(3)4)16(26)24-11(5)6-14(22)27-15-13(18)7-12(8-23-15)17(19,20)21/h6-10H,22H2,1-5H3/b14-6+,24-11+. The number of hydrogen-bond donors (Lipinski definition) is 1. The molecule has 0 aliphatic heterocycles. The van der Waals surface area contributed by atoms with Gasteiger partial charge in [0.25, 0.3) is 0 Å². The monoisotopic (exact) mass is 406 g/mol. The highest BCUT2D eigenvalue weighted by Gasteiger charge is 2.31. The SMILES string of the molecule is CC(/C=C(\N)Oc1ncc(C(F)(F)F)cc1Cl)=N\C(=O)N(C(C)C)C(C)C. The molecule has 0 bridgehead atoms. The van der Waals surface area contributed by atoms with Crippen molar-refractivity contribution in [2.75, 3.05) is 0 Å². The second-order valence-corrected chi connectivity index (χ2v) is 6.70. The molecule has 0 radical (unpaired) electrons. The summed E-state index contributed by atoms with van der Waals surface area (Å²) in [4.78, 5) is 21.3. The molecule has 0 aliphatic carbocycles. The number of ether oxygens (including phenoxy) is 1. The number of urea groups is 1. The van der Waals surface area contributed by atoms with Gasteiger partial charge in [-0.1, -0.05) is 11.6 Å². The van der Waals surface area contributed by atoms with Crippen molar-refractivity contribution in [3.8, 4) is 5.88 Å². The van der Waals surface area contributed by atoms with E-state index in [9.17, 15) is 18.0 Å². The lowest BCUT2D eigenvalue weighted by molar-refractivity contribution is -0.137. The molecule has 27 heavy (non-hydrogen) atoms. The first-order valence-electron chi connectivity index (χ1n) is 8.08. The Morgan fingerprint density at radius 2 is 1.89 bits per heavy atom. The van der Waals surface area contributed by atoms with Crippen LogP contribution in [0.2, 0.25) is 5.02 Å². The van der Waals surface area contributed by atoms with Gasteiger partial charge >= 0.3 is 12.2 Å². The molecule has 0 unspecified atom stereocenters. The van der Waals surface area contributed by atoms with Crippen LogP contribution in [0.3, 0.4) is 0 Å². The van der Waals surface area contributed by atoms with Crippen molar-refractivity contribution in [2.24, 2.45) is 10.7 Å². The first kappa shape index (κ1) is 22.8. The predicted molar refractivity (Wildman–Crippen MR) is 97.8 cm³/mol. The summed E-state index contributed by atoms with van der Waals surface area (Å²) >= 11 is 5.75. The van der Waals surface area contributed by atoms with Gasteiger partial charge < -0.3 is 15.4 Å². The van der Waals surface area contributed by atoms with Crippen molar-refractivity contribution < 1.29 is 22.7 Å². The average Bonchev–Trinajstić information content (AvgIpc) is 2.46. The minimum absolute atomic E-state index is 0.0400. The summed E-state index contributed by atoms with van der Waals surface area (Å²) in [7, 11) is 0. The molecular formula is C17H22ClF3N4O2. The lowest BCUT2D eigenvalue weighted by Gasteiger charge is -2.28. The van der Waals surface area contributed by atoms with Gasteiger partial charge in [0.15, 0.2) is 5.88 Å². The molecule has 1 heterocycles. The number of carbonyl (C=O) groups excluding carboxylic acids is 1. The van der Waals surface area contributed by atoms with Crippen molar-refractivity contribution in [1.29, 1.82) is 0 Å². The zero-order valence-electron chi connectivity index (χ0n) is 15.6. The van der Waals surface area contributed by atoms with Crippen LogP contribution in [-0.4, -0.2) is 33.7 Å². The first-order valence-corrected chi connectivity index (χ1v) is 8.46. The highest BCUT2D eigenvalue weighted by molar-refractivity contribution is 6.31. The fourth-order valence-electron chi connectivity index (χ4n) is 2.28. The lowest BCUT2D eigenvalue weighted by Crippen LogP contribution is -2.40. The molecule has 0 fully saturated rings. The van der Waals surface area contributed by atoms with E-state index in [0.717, 1.165) is 0 Å². The number of rotatable bonds is 5. The van der Waals surface area contributed by atoms with Crippen molar-refractivity contribution in [1.82, 2.24) is 9.88 Å². The number of pyridine rings is 1. The van der Waals surface area contributed by atoms with Crippen LogP contribution in [-0.2, 0) is 6.18 Å². The molecular weight excluding hydrogens is 385 g/mol. The number of hydrogen-bond acceptors (Lipinski definition) is 4. The number of allylic oxidation sites excluding steroid dienone is 1. The second-order valence-electron chi connectivity index (χ2n) is 6.29. The molecule has 150 valence electrons. The number of nitrogens with zero attached hydrogens (tertiary/aromatic N) is 3.